The van der Waals surface area contributed by atoms with Crippen LogP contribution in [0.1, 0.15) is 38.3 Å². The summed E-state index contributed by atoms with van der Waals surface area (Å²) in [6.45, 7) is 4.09. The Labute approximate surface area is 171 Å². The summed E-state index contributed by atoms with van der Waals surface area (Å²) in [5.74, 6) is 1.61. The molecule has 0 spiro atoms. The molecule has 0 unspecified atom stereocenters. The third kappa shape index (κ3) is 6.96. The fourth-order valence-electron chi connectivity index (χ4n) is 3.27. The summed E-state index contributed by atoms with van der Waals surface area (Å²) in [6, 6.07) is 5.80. The molecule has 1 aliphatic carbocycles. The molecule has 0 atom stereocenters. The normalized spacial score (nSPS) is 22.5. The van der Waals surface area contributed by atoms with Gasteiger partial charge in [0.15, 0.2) is 17.3 Å². The predicted octanol–water partition coefficient (Wildman–Crippen LogP) is 2.68. The summed E-state index contributed by atoms with van der Waals surface area (Å²) >= 11 is 8.26. The molecule has 3 fully saturated rings. The maximum Gasteiger partial charge on any atom is 1.00 e. The standard InChI is InChI=1S/C16H22N4S.CHNS.Cu/c1-12(15-4-2-3-9-17-15)18-19-16(21)20-10-13-5-6-14(11-20)8-7-13;2-1-3;/h2-4,9,13-14H,5-8,10-11H2,1H3,(H,17,19,21);3H;/q;;+1/p-1. The van der Waals surface area contributed by atoms with E-state index >= 15 is 0 Å². The maximum absolute atomic E-state index is 7.13. The van der Waals surface area contributed by atoms with E-state index < -0.39 is 0 Å². The second-order valence-electron chi connectivity index (χ2n) is 6.18. The van der Waals surface area contributed by atoms with Gasteiger partial charge in [-0.3, -0.25) is 4.98 Å². The summed E-state index contributed by atoms with van der Waals surface area (Å²) in [7, 11) is 0. The molecule has 2 saturated heterocycles. The van der Waals surface area contributed by atoms with Gasteiger partial charge in [-0.2, -0.15) is 0 Å². The first-order valence-corrected chi connectivity index (χ1v) is 8.98. The van der Waals surface area contributed by atoms with Crippen molar-refractivity contribution in [3.63, 3.8) is 0 Å². The molecular weight excluding hydrogens is 402 g/mol. The van der Waals surface area contributed by atoms with Crippen LogP contribution in [0.5, 0.6) is 0 Å². The molecule has 5 nitrogen and oxygen atoms in total. The molecule has 8 heteroatoms. The molecule has 1 saturated carbocycles. The van der Waals surface area contributed by atoms with Gasteiger partial charge in [0, 0.05) is 25.0 Å². The third-order valence-corrected chi connectivity index (χ3v) is 4.90. The van der Waals surface area contributed by atoms with Crippen LogP contribution in [-0.4, -0.2) is 33.8 Å². The van der Waals surface area contributed by atoms with Gasteiger partial charge in [-0.15, -0.1) is 0 Å². The molecule has 0 N–H and O–H groups in total. The number of nitrogens with zero attached hydrogens (tertiary/aromatic N) is 5. The molecule has 3 heterocycles. The van der Waals surface area contributed by atoms with Gasteiger partial charge in [-0.25, -0.2) is 10.2 Å². The van der Waals surface area contributed by atoms with E-state index in [1.807, 2.05) is 25.1 Å². The quantitative estimate of drug-likeness (QED) is 0.107. The average Bonchev–Trinajstić information content (AvgIpc) is 2.95. The minimum atomic E-state index is 0. The van der Waals surface area contributed by atoms with Gasteiger partial charge in [0.2, 0.25) is 0 Å². The molecular formula is C17H22CuN5S2. The number of thiol groups is 1. The topological polar surface area (TPSA) is 66.4 Å². The average molecular weight is 424 g/mol. The van der Waals surface area contributed by atoms with Gasteiger partial charge in [-0.05, 0) is 56.6 Å². The van der Waals surface area contributed by atoms with Crippen molar-refractivity contribution in [2.24, 2.45) is 16.9 Å². The zero-order chi connectivity index (χ0) is 17.4. The molecule has 138 valence electrons. The van der Waals surface area contributed by atoms with Gasteiger partial charge in [0.05, 0.1) is 5.69 Å². The van der Waals surface area contributed by atoms with Crippen molar-refractivity contribution in [2.45, 2.75) is 32.6 Å². The van der Waals surface area contributed by atoms with E-state index in [2.05, 4.69) is 45.3 Å². The van der Waals surface area contributed by atoms with Crippen LogP contribution < -0.4 is 0 Å². The van der Waals surface area contributed by atoms with E-state index in [1.165, 1.54) is 31.1 Å². The van der Waals surface area contributed by atoms with E-state index in [0.717, 1.165) is 41.4 Å². The van der Waals surface area contributed by atoms with Crippen molar-refractivity contribution in [1.29, 1.82) is 5.26 Å². The van der Waals surface area contributed by atoms with Crippen LogP contribution in [0.15, 0.2) is 29.5 Å². The van der Waals surface area contributed by atoms with Crippen LogP contribution in [0.25, 0.3) is 5.43 Å². The molecule has 25 heavy (non-hydrogen) atoms. The zero-order valence-electron chi connectivity index (χ0n) is 14.1. The number of rotatable bonds is 2. The minimum absolute atomic E-state index is 0. The number of aromatic nitrogens is 1. The summed E-state index contributed by atoms with van der Waals surface area (Å²) in [5, 5.41) is 13.5. The van der Waals surface area contributed by atoms with Crippen molar-refractivity contribution < 1.29 is 17.1 Å². The van der Waals surface area contributed by atoms with E-state index in [4.69, 9.17) is 5.26 Å². The second kappa shape index (κ2) is 11.5. The minimum Gasteiger partial charge on any atom is -0.696 e. The molecule has 0 radical (unpaired) electrons. The Morgan fingerprint density at radius 2 is 1.88 bits per heavy atom. The molecule has 0 amide bonds. The Balaban J connectivity index is 0.000000730. The number of hydrogen-bond acceptors (Lipinski definition) is 4. The van der Waals surface area contributed by atoms with Crippen LogP contribution in [0, 0.1) is 22.5 Å². The van der Waals surface area contributed by atoms with E-state index in [-0.39, 0.29) is 17.1 Å². The number of fused-ring (bicyclic) bond motifs is 4. The van der Waals surface area contributed by atoms with Gasteiger partial charge >= 0.3 is 17.1 Å². The van der Waals surface area contributed by atoms with Gasteiger partial charge in [0.1, 0.15) is 0 Å². The first kappa shape index (κ1) is 21.9. The first-order chi connectivity index (χ1) is 11.6. The molecule has 2 aliphatic heterocycles. The van der Waals surface area contributed by atoms with Crippen LogP contribution in [-0.2, 0) is 41.9 Å². The van der Waals surface area contributed by atoms with Gasteiger partial charge in [0.25, 0.3) is 0 Å². The van der Waals surface area contributed by atoms with Crippen LogP contribution in [0.3, 0.4) is 0 Å². The van der Waals surface area contributed by atoms with Crippen molar-refractivity contribution in [1.82, 2.24) is 9.88 Å². The SMILES string of the molecule is CC(=N[N-]C(=[SH+])N1CC2CCC(CC2)C1)c1ccccn1.N#C[S-].[Cu+]. The number of nitriles is 1. The van der Waals surface area contributed by atoms with Crippen molar-refractivity contribution in [3.05, 3.63) is 35.5 Å². The van der Waals surface area contributed by atoms with E-state index in [0.29, 0.717) is 0 Å². The van der Waals surface area contributed by atoms with Crippen LogP contribution in [0.4, 0.5) is 0 Å². The Bertz CT molecular complexity index is 595. The molecule has 0 aromatic carbocycles. The first-order valence-electron chi connectivity index (χ1n) is 8.12. The second-order valence-corrected chi connectivity index (χ2v) is 6.77. The van der Waals surface area contributed by atoms with Crippen molar-refractivity contribution in [2.75, 3.05) is 13.1 Å². The fourth-order valence-corrected chi connectivity index (χ4v) is 3.48. The smallest absolute Gasteiger partial charge is 0.696 e. The number of thiocyanates is 1. The van der Waals surface area contributed by atoms with Crippen LogP contribution >= 0.6 is 0 Å². The van der Waals surface area contributed by atoms with Crippen LogP contribution in [0.2, 0.25) is 0 Å². The number of hydrogen-bond donors (Lipinski definition) is 0. The Hall–Kier alpha value is -1.10. The molecule has 1 aromatic heterocycles. The summed E-state index contributed by atoms with van der Waals surface area (Å²) < 4.78 is 0. The maximum atomic E-state index is 7.13. The largest absolute Gasteiger partial charge is 1.00 e. The van der Waals surface area contributed by atoms with E-state index in [1.54, 1.807) is 6.20 Å². The fraction of sp³-hybridized carbons (Fsp3) is 0.529. The van der Waals surface area contributed by atoms with Gasteiger partial charge in [-0.1, -0.05) is 11.5 Å². The monoisotopic (exact) mass is 423 g/mol. The van der Waals surface area contributed by atoms with E-state index in [9.17, 15) is 0 Å². The molecule has 2 bridgehead atoms. The van der Waals surface area contributed by atoms with Crippen molar-refractivity contribution >= 4 is 35.7 Å². The van der Waals surface area contributed by atoms with Crippen molar-refractivity contribution in [3.8, 4) is 5.40 Å². The summed E-state index contributed by atoms with van der Waals surface area (Å²) in [5.41, 5.74) is 6.00. The van der Waals surface area contributed by atoms with Gasteiger partial charge < -0.3 is 23.2 Å². The Kier molecular flexibility index (Phi) is 10.1. The Morgan fingerprint density at radius 1 is 1.32 bits per heavy atom. The third-order valence-electron chi connectivity index (χ3n) is 4.53. The molecule has 1 aromatic rings. The number of pyridine rings is 1. The Morgan fingerprint density at radius 3 is 2.36 bits per heavy atom. The predicted molar refractivity (Wildman–Crippen MR) is 104 cm³/mol. The summed E-state index contributed by atoms with van der Waals surface area (Å²) in [4.78, 5) is 6.58. The zero-order valence-corrected chi connectivity index (χ0v) is 16.8. The summed E-state index contributed by atoms with van der Waals surface area (Å²) in [6.07, 6.45) is 7.21. The molecule has 4 rings (SSSR count). The molecule has 3 aliphatic rings.